The molecule has 0 atom stereocenters. The fourth-order valence-electron chi connectivity index (χ4n) is 4.13. The van der Waals surface area contributed by atoms with E-state index in [0.29, 0.717) is 0 Å². The first-order valence-electron chi connectivity index (χ1n) is 11.0. The van der Waals surface area contributed by atoms with Gasteiger partial charge in [0.15, 0.2) is 18.9 Å². The Morgan fingerprint density at radius 1 is 0.781 bits per heavy atom. The third kappa shape index (κ3) is 4.52. The molecular weight excluding hydrogens is 392 g/mol. The van der Waals surface area contributed by atoms with Crippen molar-refractivity contribution >= 4 is 17.7 Å². The first-order chi connectivity index (χ1) is 15.7. The summed E-state index contributed by atoms with van der Waals surface area (Å²) >= 11 is 0. The van der Waals surface area contributed by atoms with E-state index in [1.807, 2.05) is 67.0 Å². The normalized spacial score (nSPS) is 12.6. The zero-order valence-electron chi connectivity index (χ0n) is 17.9. The Morgan fingerprint density at radius 3 is 2.31 bits per heavy atom. The van der Waals surface area contributed by atoms with Gasteiger partial charge in [-0.3, -0.25) is 4.79 Å². The van der Waals surface area contributed by atoms with Gasteiger partial charge in [0.1, 0.15) is 0 Å². The topological polar surface area (TPSA) is 33.0 Å². The van der Waals surface area contributed by atoms with Gasteiger partial charge in [0.25, 0.3) is 5.91 Å². The Bertz CT molecular complexity index is 1260. The molecule has 0 spiro atoms. The van der Waals surface area contributed by atoms with Crippen LogP contribution in [0.3, 0.4) is 0 Å². The van der Waals surface area contributed by atoms with Crippen LogP contribution >= 0.6 is 0 Å². The third-order valence-corrected chi connectivity index (χ3v) is 5.89. The summed E-state index contributed by atoms with van der Waals surface area (Å²) in [5.41, 5.74) is 7.64. The van der Waals surface area contributed by atoms with Crippen molar-refractivity contribution in [2.45, 2.75) is 19.4 Å². The Balaban J connectivity index is 1.29. The van der Waals surface area contributed by atoms with Gasteiger partial charge in [0.2, 0.25) is 0 Å². The lowest BCUT2D eigenvalue weighted by Gasteiger charge is -2.17. The summed E-state index contributed by atoms with van der Waals surface area (Å²) in [5.74, 6) is -0.0223. The number of carbonyl (C=O) groups excluding carboxylic acids is 1. The molecule has 0 aliphatic heterocycles. The molecule has 1 amide bonds. The van der Waals surface area contributed by atoms with Crippen molar-refractivity contribution in [1.29, 1.82) is 0 Å². The highest BCUT2D eigenvalue weighted by atomic mass is 16.1. The average Bonchev–Trinajstić information content (AvgIpc) is 2.86. The van der Waals surface area contributed by atoms with Gasteiger partial charge in [-0.1, -0.05) is 60.7 Å². The second kappa shape index (κ2) is 9.03. The summed E-state index contributed by atoms with van der Waals surface area (Å²) in [5, 5.41) is 3.07. The third-order valence-electron chi connectivity index (χ3n) is 5.89. The predicted octanol–water partition coefficient (Wildman–Crippen LogP) is 5.66. The molecule has 1 N–H and O–H groups in total. The van der Waals surface area contributed by atoms with Crippen LogP contribution in [-0.4, -0.2) is 5.91 Å². The highest BCUT2D eigenvalue weighted by Crippen LogP contribution is 2.29. The van der Waals surface area contributed by atoms with E-state index >= 15 is 0 Å². The Hall–Kier alpha value is -3.98. The summed E-state index contributed by atoms with van der Waals surface area (Å²) in [7, 11) is 0. The minimum Gasteiger partial charge on any atom is -0.322 e. The molecule has 0 saturated carbocycles. The van der Waals surface area contributed by atoms with Gasteiger partial charge in [0.05, 0.1) is 0 Å². The molecule has 3 nitrogen and oxygen atoms in total. The van der Waals surface area contributed by atoms with Crippen LogP contribution in [0.4, 0.5) is 5.69 Å². The molecule has 0 unspecified atom stereocenters. The molecule has 156 valence electrons. The van der Waals surface area contributed by atoms with Gasteiger partial charge in [-0.05, 0) is 59.4 Å². The van der Waals surface area contributed by atoms with Gasteiger partial charge >= 0.3 is 0 Å². The maximum Gasteiger partial charge on any atom is 0.251 e. The standard InChI is InChI=1S/C29H24N2O/c32-29(30-28-15-9-22(10-16-28)21-31-17-5-2-6-18-31)26-14-12-24-11-13-25(19-27(24)20-26)23-7-3-1-4-8-23/h1-11,13,15-20H,12,14,21H2/p+1. The minimum atomic E-state index is -0.0223. The molecule has 4 aromatic rings. The molecule has 1 aliphatic rings. The molecule has 5 rings (SSSR count). The van der Waals surface area contributed by atoms with Crippen LogP contribution in [-0.2, 0) is 17.8 Å². The second-order valence-electron chi connectivity index (χ2n) is 8.15. The number of aryl methyl sites for hydroxylation is 1. The van der Waals surface area contributed by atoms with Gasteiger partial charge in [0, 0.05) is 29.0 Å². The number of aromatic nitrogens is 1. The molecule has 1 aliphatic carbocycles. The quantitative estimate of drug-likeness (QED) is 0.418. The van der Waals surface area contributed by atoms with Gasteiger partial charge in [-0.2, -0.15) is 0 Å². The number of benzene rings is 3. The summed E-state index contributed by atoms with van der Waals surface area (Å²) in [6, 6.07) is 31.0. The molecule has 1 heterocycles. The van der Waals surface area contributed by atoms with Crippen LogP contribution in [0.25, 0.3) is 17.2 Å². The van der Waals surface area contributed by atoms with E-state index < -0.39 is 0 Å². The SMILES string of the molecule is O=C(Nc1ccc(C[n+]2ccccc2)cc1)C1=Cc2cc(-c3ccccc3)ccc2CC1. The molecular formula is C29H25N2O+. The molecule has 1 aromatic heterocycles. The number of hydrogen-bond acceptors (Lipinski definition) is 1. The highest BCUT2D eigenvalue weighted by Gasteiger charge is 2.17. The second-order valence-corrected chi connectivity index (χ2v) is 8.15. The van der Waals surface area contributed by atoms with Crippen LogP contribution in [0.2, 0.25) is 0 Å². The zero-order valence-corrected chi connectivity index (χ0v) is 17.9. The molecule has 0 fully saturated rings. The smallest absolute Gasteiger partial charge is 0.251 e. The van der Waals surface area contributed by atoms with Crippen LogP contribution in [0.5, 0.6) is 0 Å². The monoisotopic (exact) mass is 417 g/mol. The van der Waals surface area contributed by atoms with Crippen LogP contribution < -0.4 is 9.88 Å². The van der Waals surface area contributed by atoms with Crippen molar-refractivity contribution in [2.75, 3.05) is 5.32 Å². The lowest BCUT2D eigenvalue weighted by molar-refractivity contribution is -0.688. The van der Waals surface area contributed by atoms with Gasteiger partial charge in [-0.15, -0.1) is 0 Å². The fourth-order valence-corrected chi connectivity index (χ4v) is 4.13. The highest BCUT2D eigenvalue weighted by molar-refractivity contribution is 6.07. The lowest BCUT2D eigenvalue weighted by Crippen LogP contribution is -2.32. The number of hydrogen-bond donors (Lipinski definition) is 1. The minimum absolute atomic E-state index is 0.0223. The molecule has 32 heavy (non-hydrogen) atoms. The maximum atomic E-state index is 12.9. The lowest BCUT2D eigenvalue weighted by atomic mass is 9.89. The number of anilines is 1. The van der Waals surface area contributed by atoms with Crippen LogP contribution in [0, 0.1) is 0 Å². The number of amides is 1. The average molecular weight is 418 g/mol. The predicted molar refractivity (Wildman–Crippen MR) is 129 cm³/mol. The number of nitrogens with zero attached hydrogens (tertiary/aromatic N) is 1. The molecule has 0 saturated heterocycles. The van der Waals surface area contributed by atoms with Crippen molar-refractivity contribution < 1.29 is 9.36 Å². The summed E-state index contributed by atoms with van der Waals surface area (Å²) in [6.45, 7) is 0.806. The van der Waals surface area contributed by atoms with E-state index in [9.17, 15) is 4.79 Å². The summed E-state index contributed by atoms with van der Waals surface area (Å²) in [6.07, 6.45) is 7.78. The number of rotatable bonds is 5. The number of pyridine rings is 1. The van der Waals surface area contributed by atoms with E-state index in [4.69, 9.17) is 0 Å². The van der Waals surface area contributed by atoms with Crippen molar-refractivity contribution in [2.24, 2.45) is 0 Å². The Labute approximate surface area is 188 Å². The largest absolute Gasteiger partial charge is 0.322 e. The molecule has 0 radical (unpaired) electrons. The van der Waals surface area contributed by atoms with Gasteiger partial charge in [-0.25, -0.2) is 4.57 Å². The van der Waals surface area contributed by atoms with Crippen molar-refractivity contribution in [3.8, 4) is 11.1 Å². The molecule has 3 heteroatoms. The first kappa shape index (κ1) is 20.0. The van der Waals surface area contributed by atoms with E-state index in [2.05, 4.69) is 52.3 Å². The van der Waals surface area contributed by atoms with Gasteiger partial charge < -0.3 is 5.32 Å². The van der Waals surface area contributed by atoms with E-state index in [-0.39, 0.29) is 5.91 Å². The van der Waals surface area contributed by atoms with E-state index in [0.717, 1.165) is 36.2 Å². The molecule has 0 bridgehead atoms. The van der Waals surface area contributed by atoms with Crippen molar-refractivity contribution in [3.05, 3.63) is 126 Å². The van der Waals surface area contributed by atoms with E-state index in [1.54, 1.807) is 0 Å². The Kier molecular flexibility index (Phi) is 5.63. The van der Waals surface area contributed by atoms with Crippen LogP contribution in [0.15, 0.2) is 109 Å². The summed E-state index contributed by atoms with van der Waals surface area (Å²) in [4.78, 5) is 12.9. The number of carbonyl (C=O) groups is 1. The number of fused-ring (bicyclic) bond motifs is 1. The van der Waals surface area contributed by atoms with E-state index in [1.165, 1.54) is 22.3 Å². The molecule has 3 aromatic carbocycles. The van der Waals surface area contributed by atoms with Crippen molar-refractivity contribution in [3.63, 3.8) is 0 Å². The number of nitrogens with one attached hydrogen (secondary N) is 1. The van der Waals surface area contributed by atoms with Crippen LogP contribution in [0.1, 0.15) is 23.1 Å². The first-order valence-corrected chi connectivity index (χ1v) is 11.0. The Morgan fingerprint density at radius 2 is 1.53 bits per heavy atom. The van der Waals surface area contributed by atoms with Crippen molar-refractivity contribution in [1.82, 2.24) is 0 Å². The summed E-state index contributed by atoms with van der Waals surface area (Å²) < 4.78 is 2.13. The zero-order chi connectivity index (χ0) is 21.8. The maximum absolute atomic E-state index is 12.9. The fraction of sp³-hybridized carbons (Fsp3) is 0.103.